The van der Waals surface area contributed by atoms with E-state index in [-0.39, 0.29) is 24.3 Å². The summed E-state index contributed by atoms with van der Waals surface area (Å²) in [6, 6.07) is 0.369. The zero-order valence-corrected chi connectivity index (χ0v) is 10.2. The minimum Gasteiger partial charge on any atom is -0.380 e. The Balaban J connectivity index is 2.04. The summed E-state index contributed by atoms with van der Waals surface area (Å²) >= 11 is 0. The van der Waals surface area contributed by atoms with Crippen LogP contribution in [0.4, 0.5) is 0 Å². The molecule has 98 valence electrons. The topological polar surface area (TPSA) is 93.4 Å². The maximum atomic E-state index is 11.4. The Hall–Kier alpha value is -1.14. The van der Waals surface area contributed by atoms with Crippen molar-refractivity contribution in [1.82, 2.24) is 10.6 Å². The van der Waals surface area contributed by atoms with E-state index >= 15 is 0 Å². The van der Waals surface area contributed by atoms with Crippen LogP contribution >= 0.6 is 0 Å². The van der Waals surface area contributed by atoms with E-state index in [1.807, 2.05) is 0 Å². The van der Waals surface area contributed by atoms with E-state index in [2.05, 4.69) is 10.6 Å². The van der Waals surface area contributed by atoms with Gasteiger partial charge in [0.15, 0.2) is 0 Å². The van der Waals surface area contributed by atoms with Crippen LogP contribution in [0.3, 0.4) is 0 Å². The Morgan fingerprint density at radius 1 is 1.41 bits per heavy atom. The first kappa shape index (κ1) is 13.9. The summed E-state index contributed by atoms with van der Waals surface area (Å²) in [4.78, 5) is 22.7. The van der Waals surface area contributed by atoms with Gasteiger partial charge in [-0.3, -0.25) is 9.59 Å². The van der Waals surface area contributed by atoms with Crippen LogP contribution < -0.4 is 16.4 Å². The van der Waals surface area contributed by atoms with Crippen molar-refractivity contribution >= 4 is 11.8 Å². The van der Waals surface area contributed by atoms with Crippen LogP contribution in [0, 0.1) is 0 Å². The molecule has 6 nitrogen and oxygen atoms in total. The SMILES string of the molecule is COC(CN)CC(=O)NCCC(=O)NC1CC1. The van der Waals surface area contributed by atoms with Crippen molar-refractivity contribution in [2.24, 2.45) is 5.73 Å². The molecular weight excluding hydrogens is 222 g/mol. The first-order valence-corrected chi connectivity index (χ1v) is 5.94. The molecule has 1 fully saturated rings. The number of nitrogens with one attached hydrogen (secondary N) is 2. The standard InChI is InChI=1S/C11H21N3O3/c1-17-9(7-12)6-11(16)13-5-4-10(15)14-8-2-3-8/h8-9H,2-7,12H2,1H3,(H,13,16)(H,14,15). The summed E-state index contributed by atoms with van der Waals surface area (Å²) < 4.78 is 4.99. The van der Waals surface area contributed by atoms with Crippen LogP contribution in [0.15, 0.2) is 0 Å². The molecule has 1 saturated carbocycles. The highest BCUT2D eigenvalue weighted by molar-refractivity contribution is 5.79. The predicted molar refractivity (Wildman–Crippen MR) is 63.3 cm³/mol. The lowest BCUT2D eigenvalue weighted by Crippen LogP contribution is -2.35. The highest BCUT2D eigenvalue weighted by Gasteiger charge is 2.22. The first-order chi connectivity index (χ1) is 8.15. The molecule has 1 aliphatic rings. The average Bonchev–Trinajstić information content (AvgIpc) is 3.09. The lowest BCUT2D eigenvalue weighted by atomic mass is 10.2. The molecule has 0 aromatic rings. The molecule has 0 radical (unpaired) electrons. The number of methoxy groups -OCH3 is 1. The Morgan fingerprint density at radius 3 is 2.65 bits per heavy atom. The smallest absolute Gasteiger partial charge is 0.222 e. The van der Waals surface area contributed by atoms with Crippen molar-refractivity contribution in [3.8, 4) is 0 Å². The van der Waals surface area contributed by atoms with Gasteiger partial charge in [0, 0.05) is 32.7 Å². The highest BCUT2D eigenvalue weighted by atomic mass is 16.5. The van der Waals surface area contributed by atoms with E-state index in [1.54, 1.807) is 0 Å². The predicted octanol–water partition coefficient (Wildman–Crippen LogP) is -0.865. The summed E-state index contributed by atoms with van der Waals surface area (Å²) in [5.74, 6) is -0.142. The lowest BCUT2D eigenvalue weighted by Gasteiger charge is -2.12. The largest absolute Gasteiger partial charge is 0.380 e. The van der Waals surface area contributed by atoms with Gasteiger partial charge in [0.2, 0.25) is 11.8 Å². The number of rotatable bonds is 8. The van der Waals surface area contributed by atoms with Crippen molar-refractivity contribution in [3.63, 3.8) is 0 Å². The molecule has 4 N–H and O–H groups in total. The van der Waals surface area contributed by atoms with Gasteiger partial charge in [0.1, 0.15) is 0 Å². The Labute approximate surface area is 101 Å². The third-order valence-electron chi connectivity index (χ3n) is 2.63. The molecule has 0 heterocycles. The molecule has 1 atom stereocenters. The van der Waals surface area contributed by atoms with E-state index in [1.165, 1.54) is 7.11 Å². The van der Waals surface area contributed by atoms with Gasteiger partial charge in [-0.05, 0) is 12.8 Å². The Bertz CT molecular complexity index is 263. The normalized spacial score (nSPS) is 16.4. The molecule has 1 rings (SSSR count). The fourth-order valence-electron chi connectivity index (χ4n) is 1.38. The minimum atomic E-state index is -0.254. The lowest BCUT2D eigenvalue weighted by molar-refractivity contribution is -0.123. The van der Waals surface area contributed by atoms with Gasteiger partial charge in [-0.2, -0.15) is 0 Å². The number of carbonyl (C=O) groups is 2. The fourth-order valence-corrected chi connectivity index (χ4v) is 1.38. The molecule has 0 aromatic heterocycles. The molecule has 0 spiro atoms. The van der Waals surface area contributed by atoms with Crippen LogP contribution in [0.25, 0.3) is 0 Å². The number of amides is 2. The molecule has 17 heavy (non-hydrogen) atoms. The van der Waals surface area contributed by atoms with Crippen LogP contribution in [0.1, 0.15) is 25.7 Å². The average molecular weight is 243 g/mol. The van der Waals surface area contributed by atoms with E-state index in [4.69, 9.17) is 10.5 Å². The summed E-state index contributed by atoms with van der Waals surface area (Å²) in [6.07, 6.45) is 2.45. The third-order valence-corrected chi connectivity index (χ3v) is 2.63. The van der Waals surface area contributed by atoms with Crippen molar-refractivity contribution in [3.05, 3.63) is 0 Å². The minimum absolute atomic E-state index is 0.00471. The first-order valence-electron chi connectivity index (χ1n) is 5.94. The van der Waals surface area contributed by atoms with Crippen molar-refractivity contribution in [1.29, 1.82) is 0 Å². The van der Waals surface area contributed by atoms with Gasteiger partial charge < -0.3 is 21.1 Å². The van der Waals surface area contributed by atoms with E-state index in [0.29, 0.717) is 25.6 Å². The monoisotopic (exact) mass is 243 g/mol. The molecule has 0 bridgehead atoms. The summed E-state index contributed by atoms with van der Waals surface area (Å²) in [5.41, 5.74) is 5.40. The molecule has 0 aliphatic heterocycles. The summed E-state index contributed by atoms with van der Waals surface area (Å²) in [7, 11) is 1.52. The summed E-state index contributed by atoms with van der Waals surface area (Å²) in [5, 5.41) is 5.53. The van der Waals surface area contributed by atoms with E-state index in [0.717, 1.165) is 12.8 Å². The maximum Gasteiger partial charge on any atom is 0.222 e. The van der Waals surface area contributed by atoms with Gasteiger partial charge in [-0.15, -0.1) is 0 Å². The van der Waals surface area contributed by atoms with E-state index < -0.39 is 0 Å². The van der Waals surface area contributed by atoms with Crippen molar-refractivity contribution in [2.75, 3.05) is 20.2 Å². The Morgan fingerprint density at radius 2 is 2.12 bits per heavy atom. The molecule has 0 aromatic carbocycles. The maximum absolute atomic E-state index is 11.4. The second kappa shape index (κ2) is 7.24. The van der Waals surface area contributed by atoms with Crippen LogP contribution in [-0.2, 0) is 14.3 Å². The number of ether oxygens (including phenoxy) is 1. The zero-order valence-electron chi connectivity index (χ0n) is 10.2. The van der Waals surface area contributed by atoms with Gasteiger partial charge >= 0.3 is 0 Å². The van der Waals surface area contributed by atoms with Gasteiger partial charge in [-0.25, -0.2) is 0 Å². The molecule has 1 unspecified atom stereocenters. The second-order valence-corrected chi connectivity index (χ2v) is 4.24. The Kier molecular flexibility index (Phi) is 5.93. The number of nitrogens with two attached hydrogens (primary N) is 1. The van der Waals surface area contributed by atoms with Crippen LogP contribution in [-0.4, -0.2) is 44.2 Å². The van der Waals surface area contributed by atoms with Crippen LogP contribution in [0.2, 0.25) is 0 Å². The quantitative estimate of drug-likeness (QED) is 0.517. The third kappa shape index (κ3) is 6.23. The molecular formula is C11H21N3O3. The highest BCUT2D eigenvalue weighted by Crippen LogP contribution is 2.18. The number of hydrogen-bond donors (Lipinski definition) is 3. The second-order valence-electron chi connectivity index (χ2n) is 4.24. The number of hydrogen-bond acceptors (Lipinski definition) is 4. The molecule has 2 amide bonds. The molecule has 1 aliphatic carbocycles. The van der Waals surface area contributed by atoms with Gasteiger partial charge in [0.25, 0.3) is 0 Å². The number of carbonyl (C=O) groups excluding carboxylic acids is 2. The molecule has 6 heteroatoms. The van der Waals surface area contributed by atoms with Crippen molar-refractivity contribution in [2.45, 2.75) is 37.8 Å². The summed E-state index contributed by atoms with van der Waals surface area (Å²) in [6.45, 7) is 0.671. The zero-order chi connectivity index (χ0) is 12.7. The van der Waals surface area contributed by atoms with Crippen molar-refractivity contribution < 1.29 is 14.3 Å². The van der Waals surface area contributed by atoms with E-state index in [9.17, 15) is 9.59 Å². The van der Waals surface area contributed by atoms with Gasteiger partial charge in [-0.1, -0.05) is 0 Å². The van der Waals surface area contributed by atoms with Gasteiger partial charge in [0.05, 0.1) is 12.5 Å². The fraction of sp³-hybridized carbons (Fsp3) is 0.818. The molecule has 0 saturated heterocycles. The van der Waals surface area contributed by atoms with Crippen LogP contribution in [0.5, 0.6) is 0 Å².